The smallest absolute Gasteiger partial charge is 0.238 e. The topological polar surface area (TPSA) is 57.3 Å². The van der Waals surface area contributed by atoms with E-state index in [1.54, 1.807) is 23.1 Å². The highest BCUT2D eigenvalue weighted by Crippen LogP contribution is 2.24. The number of amides is 1. The third-order valence-corrected chi connectivity index (χ3v) is 5.52. The Bertz CT molecular complexity index is 463. The third-order valence-electron chi connectivity index (χ3n) is 3.63. The molecule has 5 nitrogen and oxygen atoms in total. The summed E-state index contributed by atoms with van der Waals surface area (Å²) in [5.74, 6) is 1.87. The number of anilines is 1. The van der Waals surface area contributed by atoms with E-state index in [-0.39, 0.29) is 36.8 Å². The van der Waals surface area contributed by atoms with Crippen molar-refractivity contribution in [1.82, 2.24) is 15.6 Å². The van der Waals surface area contributed by atoms with Crippen LogP contribution in [0.4, 0.5) is 5.13 Å². The van der Waals surface area contributed by atoms with Gasteiger partial charge in [-0.15, -0.1) is 47.9 Å². The summed E-state index contributed by atoms with van der Waals surface area (Å²) in [6.45, 7) is 2.94. The minimum absolute atomic E-state index is 0. The van der Waals surface area contributed by atoms with E-state index in [2.05, 4.69) is 25.9 Å². The van der Waals surface area contributed by atoms with E-state index in [0.29, 0.717) is 6.54 Å². The summed E-state index contributed by atoms with van der Waals surface area (Å²) in [5.41, 5.74) is 1.09. The molecule has 9 heteroatoms. The highest BCUT2D eigenvalue weighted by Gasteiger charge is 2.22. The molecule has 2 aliphatic rings. The van der Waals surface area contributed by atoms with Crippen molar-refractivity contribution in [1.29, 1.82) is 0 Å². The first-order chi connectivity index (χ1) is 9.83. The van der Waals surface area contributed by atoms with Gasteiger partial charge in [0.15, 0.2) is 5.13 Å². The first-order valence-electron chi connectivity index (χ1n) is 7.11. The molecule has 3 rings (SSSR count). The quantitative estimate of drug-likeness (QED) is 0.811. The number of hydrogen-bond donors (Lipinski definition) is 2. The molecular weight excluding hydrogens is 363 g/mol. The van der Waals surface area contributed by atoms with Gasteiger partial charge in [-0.05, 0) is 12.8 Å². The number of thioether (sulfide) groups is 1. The largest absolute Gasteiger partial charge is 0.354 e. The van der Waals surface area contributed by atoms with Crippen LogP contribution in [0.25, 0.3) is 0 Å². The van der Waals surface area contributed by atoms with Gasteiger partial charge in [0, 0.05) is 43.1 Å². The summed E-state index contributed by atoms with van der Waals surface area (Å²) in [7, 11) is 0. The van der Waals surface area contributed by atoms with E-state index in [4.69, 9.17) is 0 Å². The molecule has 2 N–H and O–H groups in total. The molecule has 1 atom stereocenters. The zero-order valence-corrected chi connectivity index (χ0v) is 15.5. The van der Waals surface area contributed by atoms with E-state index in [0.717, 1.165) is 42.0 Å². The van der Waals surface area contributed by atoms with Gasteiger partial charge in [0.1, 0.15) is 0 Å². The molecule has 0 bridgehead atoms. The van der Waals surface area contributed by atoms with E-state index < -0.39 is 0 Å². The molecule has 0 aromatic carbocycles. The Hall–Kier alpha value is -0.210. The van der Waals surface area contributed by atoms with Gasteiger partial charge < -0.3 is 10.2 Å². The van der Waals surface area contributed by atoms with Crippen LogP contribution in [0.2, 0.25) is 0 Å². The molecule has 2 aliphatic heterocycles. The Kier molecular flexibility index (Phi) is 8.86. The van der Waals surface area contributed by atoms with Crippen LogP contribution in [-0.2, 0) is 11.2 Å². The molecule has 22 heavy (non-hydrogen) atoms. The fourth-order valence-electron chi connectivity index (χ4n) is 2.47. The Balaban J connectivity index is 0.00000121. The van der Waals surface area contributed by atoms with Crippen molar-refractivity contribution in [2.24, 2.45) is 0 Å². The maximum absolute atomic E-state index is 11.8. The van der Waals surface area contributed by atoms with E-state index in [1.807, 2.05) is 0 Å². The lowest BCUT2D eigenvalue weighted by Crippen LogP contribution is -2.42. The number of rotatable bonds is 5. The average molecular weight is 385 g/mol. The Labute approximate surface area is 151 Å². The van der Waals surface area contributed by atoms with Crippen LogP contribution >= 0.6 is 47.9 Å². The highest BCUT2D eigenvalue weighted by atomic mass is 35.5. The zero-order chi connectivity index (χ0) is 13.8. The van der Waals surface area contributed by atoms with Gasteiger partial charge >= 0.3 is 0 Å². The predicted molar refractivity (Wildman–Crippen MR) is 99.0 cm³/mol. The van der Waals surface area contributed by atoms with Gasteiger partial charge in [0.25, 0.3) is 0 Å². The van der Waals surface area contributed by atoms with Crippen molar-refractivity contribution in [3.05, 3.63) is 11.1 Å². The zero-order valence-electron chi connectivity index (χ0n) is 12.2. The summed E-state index contributed by atoms with van der Waals surface area (Å²) in [5, 5.41) is 9.42. The summed E-state index contributed by atoms with van der Waals surface area (Å²) < 4.78 is 0. The molecule has 3 heterocycles. The van der Waals surface area contributed by atoms with E-state index >= 15 is 0 Å². The lowest BCUT2D eigenvalue weighted by Gasteiger charge is -2.12. The third kappa shape index (κ3) is 5.16. The Morgan fingerprint density at radius 3 is 2.86 bits per heavy atom. The molecule has 0 spiro atoms. The van der Waals surface area contributed by atoms with Crippen molar-refractivity contribution in [3.63, 3.8) is 0 Å². The number of carbonyl (C=O) groups excluding carboxylic acids is 1. The molecule has 0 aliphatic carbocycles. The molecule has 2 saturated heterocycles. The van der Waals surface area contributed by atoms with E-state index in [9.17, 15) is 4.79 Å². The number of halogens is 2. The van der Waals surface area contributed by atoms with Crippen LogP contribution in [0.5, 0.6) is 0 Å². The number of aromatic nitrogens is 1. The van der Waals surface area contributed by atoms with Gasteiger partial charge in [0.05, 0.1) is 11.7 Å². The molecule has 126 valence electrons. The number of nitrogens with zero attached hydrogens (tertiary/aromatic N) is 2. The number of thiazole rings is 1. The SMILES string of the molecule is Cl.Cl.O=C(NCCc1csc(N2CCCC2)n1)C1CSCN1. The lowest BCUT2D eigenvalue weighted by molar-refractivity contribution is -0.122. The molecule has 0 radical (unpaired) electrons. The molecular formula is C13H22Cl2N4OS2. The molecule has 1 amide bonds. The van der Waals surface area contributed by atoms with Crippen molar-refractivity contribution >= 4 is 59.0 Å². The minimum Gasteiger partial charge on any atom is -0.354 e. The average Bonchev–Trinajstić information content (AvgIpc) is 3.20. The molecule has 1 aromatic heterocycles. The summed E-state index contributed by atoms with van der Waals surface area (Å²) in [6.07, 6.45) is 3.37. The maximum Gasteiger partial charge on any atom is 0.238 e. The van der Waals surface area contributed by atoms with Crippen LogP contribution in [-0.4, -0.2) is 48.2 Å². The Morgan fingerprint density at radius 2 is 2.18 bits per heavy atom. The highest BCUT2D eigenvalue weighted by molar-refractivity contribution is 7.99. The normalized spacial score (nSPS) is 20.4. The molecule has 1 unspecified atom stereocenters. The minimum atomic E-state index is -0.0180. The maximum atomic E-state index is 11.8. The Morgan fingerprint density at radius 1 is 1.41 bits per heavy atom. The van der Waals surface area contributed by atoms with Crippen LogP contribution in [0, 0.1) is 0 Å². The number of carbonyl (C=O) groups is 1. The molecule has 2 fully saturated rings. The fourth-order valence-corrected chi connectivity index (χ4v) is 4.32. The molecule has 1 aromatic rings. The standard InChI is InChI=1S/C13H20N4OS2.2ClH/c18-12(11-8-19-9-15-11)14-4-3-10-7-20-13(16-10)17-5-1-2-6-17;;/h7,11,15H,1-6,8-9H2,(H,14,18);2*1H. The van der Waals surface area contributed by atoms with Gasteiger partial charge in [-0.3, -0.25) is 10.1 Å². The summed E-state index contributed by atoms with van der Waals surface area (Å²) in [4.78, 5) is 18.9. The second kappa shape index (κ2) is 9.82. The van der Waals surface area contributed by atoms with Crippen LogP contribution in [0.3, 0.4) is 0 Å². The van der Waals surface area contributed by atoms with E-state index in [1.165, 1.54) is 12.8 Å². The van der Waals surface area contributed by atoms with Crippen molar-refractivity contribution in [2.45, 2.75) is 25.3 Å². The summed E-state index contributed by atoms with van der Waals surface area (Å²) in [6, 6.07) is -0.0180. The van der Waals surface area contributed by atoms with Crippen molar-refractivity contribution in [2.75, 3.05) is 36.2 Å². The van der Waals surface area contributed by atoms with Crippen LogP contribution in [0.1, 0.15) is 18.5 Å². The van der Waals surface area contributed by atoms with Gasteiger partial charge in [-0.1, -0.05) is 0 Å². The monoisotopic (exact) mass is 384 g/mol. The lowest BCUT2D eigenvalue weighted by atomic mass is 10.3. The molecule has 0 saturated carbocycles. The second-order valence-corrected chi connectivity index (χ2v) is 7.00. The van der Waals surface area contributed by atoms with Gasteiger partial charge in [-0.2, -0.15) is 0 Å². The summed E-state index contributed by atoms with van der Waals surface area (Å²) >= 11 is 3.49. The number of nitrogens with one attached hydrogen (secondary N) is 2. The second-order valence-electron chi connectivity index (χ2n) is 5.13. The van der Waals surface area contributed by atoms with Gasteiger partial charge in [0.2, 0.25) is 5.91 Å². The van der Waals surface area contributed by atoms with Crippen molar-refractivity contribution < 1.29 is 4.79 Å². The van der Waals surface area contributed by atoms with Crippen LogP contribution < -0.4 is 15.5 Å². The van der Waals surface area contributed by atoms with Crippen LogP contribution in [0.15, 0.2) is 5.38 Å². The predicted octanol–water partition coefficient (Wildman–Crippen LogP) is 1.91. The first-order valence-corrected chi connectivity index (χ1v) is 9.14. The number of hydrogen-bond acceptors (Lipinski definition) is 6. The first kappa shape index (κ1) is 19.8. The van der Waals surface area contributed by atoms with Gasteiger partial charge in [-0.25, -0.2) is 4.98 Å². The van der Waals surface area contributed by atoms with Crippen molar-refractivity contribution in [3.8, 4) is 0 Å². The fraction of sp³-hybridized carbons (Fsp3) is 0.692.